The van der Waals surface area contributed by atoms with Crippen molar-refractivity contribution >= 4 is 16.5 Å². The minimum atomic E-state index is 0.519. The second kappa shape index (κ2) is 6.87. The molecular formula is C15H28N4S. The lowest BCUT2D eigenvalue weighted by Crippen LogP contribution is -2.37. The van der Waals surface area contributed by atoms with Crippen LogP contribution in [0.25, 0.3) is 0 Å². The molecule has 1 unspecified atom stereocenters. The van der Waals surface area contributed by atoms with Crippen molar-refractivity contribution in [1.82, 2.24) is 15.2 Å². The Hall–Kier alpha value is -0.650. The van der Waals surface area contributed by atoms with Crippen LogP contribution >= 0.6 is 11.3 Å². The molecule has 0 radical (unpaired) electrons. The Labute approximate surface area is 127 Å². The van der Waals surface area contributed by atoms with Crippen LogP contribution in [0.4, 0.5) is 5.13 Å². The topological polar surface area (TPSA) is 31.4 Å². The van der Waals surface area contributed by atoms with Crippen LogP contribution in [0, 0.1) is 6.92 Å². The molecule has 1 N–H and O–H groups in total. The first-order valence-corrected chi connectivity index (χ1v) is 8.44. The third-order valence-electron chi connectivity index (χ3n) is 3.84. The molecule has 0 spiro atoms. The fraction of sp³-hybridized carbons (Fsp3) is 0.800. The van der Waals surface area contributed by atoms with E-state index in [1.165, 1.54) is 28.7 Å². The summed E-state index contributed by atoms with van der Waals surface area (Å²) in [4.78, 5) is 11.1. The quantitative estimate of drug-likeness (QED) is 0.925. The van der Waals surface area contributed by atoms with Crippen LogP contribution in [0.2, 0.25) is 0 Å². The fourth-order valence-electron chi connectivity index (χ4n) is 2.65. The zero-order valence-electron chi connectivity index (χ0n) is 13.4. The minimum Gasteiger partial charge on any atom is -0.344 e. The van der Waals surface area contributed by atoms with E-state index < -0.39 is 0 Å². The molecule has 1 aromatic heterocycles. The summed E-state index contributed by atoms with van der Waals surface area (Å²) in [6.07, 6.45) is 1.22. The highest BCUT2D eigenvalue weighted by molar-refractivity contribution is 7.15. The molecule has 20 heavy (non-hydrogen) atoms. The van der Waals surface area contributed by atoms with E-state index in [0.717, 1.165) is 19.6 Å². The number of nitrogens with zero attached hydrogens (tertiary/aromatic N) is 3. The molecule has 1 aliphatic rings. The first kappa shape index (κ1) is 15.7. The van der Waals surface area contributed by atoms with Crippen molar-refractivity contribution in [2.24, 2.45) is 0 Å². The van der Waals surface area contributed by atoms with Gasteiger partial charge in [0.2, 0.25) is 0 Å². The van der Waals surface area contributed by atoms with Crippen LogP contribution in [0.3, 0.4) is 0 Å². The molecule has 0 aliphatic carbocycles. The van der Waals surface area contributed by atoms with Crippen molar-refractivity contribution in [3.63, 3.8) is 0 Å². The van der Waals surface area contributed by atoms with Crippen LogP contribution in [0.1, 0.15) is 37.8 Å². The largest absolute Gasteiger partial charge is 0.344 e. The Morgan fingerprint density at radius 3 is 2.85 bits per heavy atom. The third kappa shape index (κ3) is 3.93. The number of likely N-dealkylation sites (N-methyl/N-ethyl adjacent to an activating group) is 1. The first-order valence-electron chi connectivity index (χ1n) is 7.62. The smallest absolute Gasteiger partial charge is 0.186 e. The average molecular weight is 296 g/mol. The normalized spacial score (nSPS) is 21.5. The lowest BCUT2D eigenvalue weighted by molar-refractivity contribution is 0.337. The van der Waals surface area contributed by atoms with E-state index in [-0.39, 0.29) is 0 Å². The van der Waals surface area contributed by atoms with Gasteiger partial charge in [0.25, 0.3) is 0 Å². The highest BCUT2D eigenvalue weighted by Gasteiger charge is 2.23. The minimum absolute atomic E-state index is 0.519. The summed E-state index contributed by atoms with van der Waals surface area (Å²) >= 11 is 1.86. The van der Waals surface area contributed by atoms with Gasteiger partial charge in [-0.2, -0.15) is 0 Å². The van der Waals surface area contributed by atoms with Gasteiger partial charge < -0.3 is 15.1 Å². The van der Waals surface area contributed by atoms with Crippen LogP contribution < -0.4 is 10.2 Å². The van der Waals surface area contributed by atoms with Gasteiger partial charge in [-0.3, -0.25) is 0 Å². The molecular weight excluding hydrogens is 268 g/mol. The highest BCUT2D eigenvalue weighted by Crippen LogP contribution is 2.28. The number of aryl methyl sites for hydroxylation is 1. The molecule has 114 valence electrons. The number of nitrogens with one attached hydrogen (secondary N) is 1. The molecule has 1 atom stereocenters. The summed E-state index contributed by atoms with van der Waals surface area (Å²) in [6, 6.07) is 1.06. The lowest BCUT2D eigenvalue weighted by atomic mass is 10.3. The molecule has 0 aromatic carbocycles. The predicted octanol–water partition coefficient (Wildman–Crippen LogP) is 2.48. The number of hydrogen-bond acceptors (Lipinski definition) is 5. The monoisotopic (exact) mass is 296 g/mol. The Kier molecular flexibility index (Phi) is 5.41. The summed E-state index contributed by atoms with van der Waals surface area (Å²) in [5.41, 5.74) is 1.18. The van der Waals surface area contributed by atoms with Crippen LogP contribution in [-0.2, 0) is 6.54 Å². The van der Waals surface area contributed by atoms with E-state index in [9.17, 15) is 0 Å². The summed E-state index contributed by atoms with van der Waals surface area (Å²) in [6.45, 7) is 13.2. The van der Waals surface area contributed by atoms with E-state index in [2.05, 4.69) is 49.9 Å². The van der Waals surface area contributed by atoms with Gasteiger partial charge in [-0.05, 0) is 33.9 Å². The van der Waals surface area contributed by atoms with Crippen LogP contribution in [-0.4, -0.2) is 48.6 Å². The van der Waals surface area contributed by atoms with Gasteiger partial charge in [-0.15, -0.1) is 11.3 Å². The average Bonchev–Trinajstić information content (AvgIpc) is 2.63. The number of rotatable bonds is 4. The van der Waals surface area contributed by atoms with Gasteiger partial charge in [0.1, 0.15) is 0 Å². The van der Waals surface area contributed by atoms with Crippen molar-refractivity contribution in [2.75, 3.05) is 31.6 Å². The van der Waals surface area contributed by atoms with Gasteiger partial charge in [0, 0.05) is 36.6 Å². The number of thiazole rings is 1. The molecule has 1 saturated heterocycles. The second-order valence-electron chi connectivity index (χ2n) is 6.20. The summed E-state index contributed by atoms with van der Waals surface area (Å²) in [5, 5.41) is 4.69. The van der Waals surface area contributed by atoms with Gasteiger partial charge in [-0.1, -0.05) is 13.8 Å². The highest BCUT2D eigenvalue weighted by atomic mass is 32.1. The molecule has 1 aliphatic heterocycles. The second-order valence-corrected chi connectivity index (χ2v) is 7.26. The zero-order chi connectivity index (χ0) is 14.7. The van der Waals surface area contributed by atoms with Crippen LogP contribution in [0.15, 0.2) is 0 Å². The van der Waals surface area contributed by atoms with Crippen molar-refractivity contribution in [3.05, 3.63) is 10.6 Å². The molecule has 5 heteroatoms. The maximum atomic E-state index is 4.82. The molecule has 0 amide bonds. The molecule has 1 fully saturated rings. The summed E-state index contributed by atoms with van der Waals surface area (Å²) in [5.74, 6) is 0. The van der Waals surface area contributed by atoms with E-state index in [4.69, 9.17) is 4.98 Å². The van der Waals surface area contributed by atoms with Crippen molar-refractivity contribution < 1.29 is 0 Å². The Morgan fingerprint density at radius 2 is 2.15 bits per heavy atom. The van der Waals surface area contributed by atoms with Crippen LogP contribution in [0.5, 0.6) is 0 Å². The number of anilines is 1. The van der Waals surface area contributed by atoms with E-state index in [1.807, 2.05) is 11.3 Å². The molecule has 2 rings (SSSR count). The predicted molar refractivity (Wildman–Crippen MR) is 87.7 cm³/mol. The molecule has 1 aromatic rings. The lowest BCUT2D eigenvalue weighted by Gasteiger charge is -2.27. The summed E-state index contributed by atoms with van der Waals surface area (Å²) in [7, 11) is 2.21. The van der Waals surface area contributed by atoms with Gasteiger partial charge in [0.05, 0.1) is 5.69 Å². The number of aromatic nitrogens is 1. The van der Waals surface area contributed by atoms with Crippen molar-refractivity contribution in [1.29, 1.82) is 0 Å². The standard InChI is InChI=1S/C15H28N4S/c1-11(2)16-9-14-13(4)17-15(20-14)19-8-6-7-18(5)10-12(19)3/h11-12,16H,6-10H2,1-5H3. The maximum absolute atomic E-state index is 4.82. The van der Waals surface area contributed by atoms with Crippen molar-refractivity contribution in [2.45, 2.75) is 52.7 Å². The maximum Gasteiger partial charge on any atom is 0.186 e. The van der Waals surface area contributed by atoms with E-state index in [1.54, 1.807) is 0 Å². The summed E-state index contributed by atoms with van der Waals surface area (Å²) < 4.78 is 0. The Balaban J connectivity index is 2.09. The van der Waals surface area contributed by atoms with Gasteiger partial charge in [0.15, 0.2) is 5.13 Å². The molecule has 0 saturated carbocycles. The molecule has 4 nitrogen and oxygen atoms in total. The van der Waals surface area contributed by atoms with Gasteiger partial charge >= 0.3 is 0 Å². The first-order chi connectivity index (χ1) is 9.47. The van der Waals surface area contributed by atoms with E-state index in [0.29, 0.717) is 12.1 Å². The third-order valence-corrected chi connectivity index (χ3v) is 5.04. The van der Waals surface area contributed by atoms with Crippen molar-refractivity contribution in [3.8, 4) is 0 Å². The van der Waals surface area contributed by atoms with Gasteiger partial charge in [-0.25, -0.2) is 4.98 Å². The SMILES string of the molecule is Cc1nc(N2CCCN(C)CC2C)sc1CNC(C)C. The van der Waals surface area contributed by atoms with E-state index >= 15 is 0 Å². The molecule has 2 heterocycles. The Morgan fingerprint density at radius 1 is 1.40 bits per heavy atom. The zero-order valence-corrected chi connectivity index (χ0v) is 14.3. The number of hydrogen-bond donors (Lipinski definition) is 1. The Bertz CT molecular complexity index is 430. The fourth-order valence-corrected chi connectivity index (χ4v) is 3.79. The molecule has 0 bridgehead atoms.